The Morgan fingerprint density at radius 3 is 2.47 bits per heavy atom. The highest BCUT2D eigenvalue weighted by Gasteiger charge is 2.35. The van der Waals surface area contributed by atoms with Gasteiger partial charge in [0, 0.05) is 31.2 Å². The van der Waals surface area contributed by atoms with Gasteiger partial charge in [0.25, 0.3) is 5.91 Å². The Hall–Kier alpha value is -3.31. The van der Waals surface area contributed by atoms with Gasteiger partial charge in [0.05, 0.1) is 11.5 Å². The third-order valence-electron chi connectivity index (χ3n) is 6.42. The van der Waals surface area contributed by atoms with Gasteiger partial charge in [-0.15, -0.1) is 0 Å². The Morgan fingerprint density at radius 1 is 1.06 bits per heavy atom. The number of hydrogen-bond donors (Lipinski definition) is 4. The van der Waals surface area contributed by atoms with Crippen LogP contribution in [0.3, 0.4) is 0 Å². The van der Waals surface area contributed by atoms with E-state index >= 15 is 0 Å². The number of amides is 2. The van der Waals surface area contributed by atoms with Crippen molar-refractivity contribution in [2.24, 2.45) is 5.73 Å². The van der Waals surface area contributed by atoms with Crippen molar-refractivity contribution in [1.82, 2.24) is 14.9 Å². The molecule has 0 saturated carbocycles. The number of aliphatic hydroxyl groups is 1. The topological polar surface area (TPSA) is 142 Å². The lowest BCUT2D eigenvalue weighted by Crippen LogP contribution is -2.53. The molecule has 2 atom stereocenters. The maximum absolute atomic E-state index is 13.2. The van der Waals surface area contributed by atoms with Crippen LogP contribution < -0.4 is 15.8 Å². The first-order chi connectivity index (χ1) is 17.3. The first-order valence-electron chi connectivity index (χ1n) is 11.8. The quantitative estimate of drug-likeness (QED) is 0.342. The lowest BCUT2D eigenvalue weighted by molar-refractivity contribution is -0.134. The normalized spacial score (nSPS) is 16.7. The van der Waals surface area contributed by atoms with Crippen LogP contribution >= 0.6 is 0 Å². The molecule has 4 rings (SSSR count). The summed E-state index contributed by atoms with van der Waals surface area (Å²) in [6.07, 6.45) is 1.38. The van der Waals surface area contributed by atoms with Gasteiger partial charge in [0.2, 0.25) is 15.9 Å². The van der Waals surface area contributed by atoms with Crippen molar-refractivity contribution in [1.29, 1.82) is 0 Å². The molecule has 0 aromatic heterocycles. The lowest BCUT2D eigenvalue weighted by Gasteiger charge is -2.28. The number of hydrogen-bond acceptors (Lipinski definition) is 6. The Morgan fingerprint density at radius 2 is 1.78 bits per heavy atom. The Kier molecular flexibility index (Phi) is 8.00. The molecule has 3 aromatic carbocycles. The van der Waals surface area contributed by atoms with E-state index in [1.807, 2.05) is 18.2 Å². The van der Waals surface area contributed by atoms with E-state index in [2.05, 4.69) is 10.0 Å². The summed E-state index contributed by atoms with van der Waals surface area (Å²) in [6, 6.07) is 17.4. The number of carbonyl (C=O) groups excluding carboxylic acids is 2. The van der Waals surface area contributed by atoms with Crippen LogP contribution in [0.1, 0.15) is 28.8 Å². The van der Waals surface area contributed by atoms with E-state index in [1.165, 1.54) is 17.0 Å². The van der Waals surface area contributed by atoms with Gasteiger partial charge in [-0.1, -0.05) is 42.5 Å². The molecule has 0 aliphatic carbocycles. The molecule has 190 valence electrons. The SMILES string of the molecule is NCc1ccc(C(=O)NC[C@@H]2CCCN2C(=O)[C@H](CO)NS(=O)(=O)c2ccc3ccccc3c2)cc1. The molecule has 0 bridgehead atoms. The molecule has 1 fully saturated rings. The summed E-state index contributed by atoms with van der Waals surface area (Å²) in [7, 11) is -4.06. The molecule has 5 N–H and O–H groups in total. The van der Waals surface area contributed by atoms with E-state index in [4.69, 9.17) is 5.73 Å². The largest absolute Gasteiger partial charge is 0.394 e. The second kappa shape index (κ2) is 11.2. The summed E-state index contributed by atoms with van der Waals surface area (Å²) < 4.78 is 28.4. The average molecular weight is 511 g/mol. The molecule has 9 nitrogen and oxygen atoms in total. The Balaban J connectivity index is 1.41. The minimum Gasteiger partial charge on any atom is -0.394 e. The highest BCUT2D eigenvalue weighted by atomic mass is 32.2. The Labute approximate surface area is 210 Å². The van der Waals surface area contributed by atoms with Crippen molar-refractivity contribution >= 4 is 32.6 Å². The summed E-state index contributed by atoms with van der Waals surface area (Å²) in [5.74, 6) is -0.792. The summed E-state index contributed by atoms with van der Waals surface area (Å²) in [5.41, 5.74) is 6.99. The van der Waals surface area contributed by atoms with Crippen molar-refractivity contribution in [3.8, 4) is 0 Å². The maximum atomic E-state index is 13.2. The number of aliphatic hydroxyl groups excluding tert-OH is 1. The first kappa shape index (κ1) is 25.8. The fourth-order valence-corrected chi connectivity index (χ4v) is 5.61. The molecular weight excluding hydrogens is 480 g/mol. The molecule has 1 aliphatic heterocycles. The minimum absolute atomic E-state index is 0.0124. The molecule has 2 amide bonds. The zero-order chi connectivity index (χ0) is 25.7. The van der Waals surface area contributed by atoms with Crippen LogP contribution in [0.5, 0.6) is 0 Å². The number of fused-ring (bicyclic) bond motifs is 1. The van der Waals surface area contributed by atoms with Crippen LogP contribution in [0.15, 0.2) is 71.6 Å². The molecule has 10 heteroatoms. The predicted octanol–water partition coefficient (Wildman–Crippen LogP) is 1.36. The second-order valence-electron chi connectivity index (χ2n) is 8.80. The fourth-order valence-electron chi connectivity index (χ4n) is 4.40. The molecule has 36 heavy (non-hydrogen) atoms. The second-order valence-corrected chi connectivity index (χ2v) is 10.5. The number of benzene rings is 3. The van der Waals surface area contributed by atoms with Gasteiger partial charge >= 0.3 is 0 Å². The monoisotopic (exact) mass is 510 g/mol. The predicted molar refractivity (Wildman–Crippen MR) is 137 cm³/mol. The van der Waals surface area contributed by atoms with Gasteiger partial charge < -0.3 is 21.1 Å². The number of likely N-dealkylation sites (tertiary alicyclic amines) is 1. The van der Waals surface area contributed by atoms with Crippen molar-refractivity contribution < 1.29 is 23.1 Å². The van der Waals surface area contributed by atoms with E-state index in [0.29, 0.717) is 31.5 Å². The van der Waals surface area contributed by atoms with E-state index in [9.17, 15) is 23.1 Å². The molecule has 3 aromatic rings. The fraction of sp³-hybridized carbons (Fsp3) is 0.308. The highest BCUT2D eigenvalue weighted by molar-refractivity contribution is 7.89. The highest BCUT2D eigenvalue weighted by Crippen LogP contribution is 2.21. The average Bonchev–Trinajstić information content (AvgIpc) is 3.38. The zero-order valence-corrected chi connectivity index (χ0v) is 20.6. The van der Waals surface area contributed by atoms with Crippen LogP contribution in [-0.2, 0) is 21.4 Å². The van der Waals surface area contributed by atoms with E-state index < -0.39 is 28.6 Å². The minimum atomic E-state index is -4.06. The van der Waals surface area contributed by atoms with Gasteiger partial charge in [-0.3, -0.25) is 9.59 Å². The summed E-state index contributed by atoms with van der Waals surface area (Å²) >= 11 is 0. The molecule has 1 saturated heterocycles. The summed E-state index contributed by atoms with van der Waals surface area (Å²) in [5, 5.41) is 14.4. The van der Waals surface area contributed by atoms with Gasteiger partial charge in [0.1, 0.15) is 6.04 Å². The first-order valence-corrected chi connectivity index (χ1v) is 13.3. The smallest absolute Gasteiger partial charge is 0.251 e. The van der Waals surface area contributed by atoms with E-state index in [1.54, 1.807) is 36.4 Å². The third-order valence-corrected chi connectivity index (χ3v) is 7.89. The lowest BCUT2D eigenvalue weighted by atomic mass is 10.1. The number of nitrogens with two attached hydrogens (primary N) is 1. The number of rotatable bonds is 9. The van der Waals surface area contributed by atoms with Crippen LogP contribution in [0.25, 0.3) is 10.8 Å². The van der Waals surface area contributed by atoms with E-state index in [0.717, 1.165) is 16.3 Å². The molecule has 1 heterocycles. The number of carbonyl (C=O) groups is 2. The molecular formula is C26H30N4O5S. The summed E-state index contributed by atoms with van der Waals surface area (Å²) in [6.45, 7) is 0.337. The summed E-state index contributed by atoms with van der Waals surface area (Å²) in [4.78, 5) is 27.3. The maximum Gasteiger partial charge on any atom is 0.251 e. The molecule has 1 aliphatic rings. The third kappa shape index (κ3) is 5.73. The van der Waals surface area contributed by atoms with Gasteiger partial charge in [-0.25, -0.2) is 8.42 Å². The van der Waals surface area contributed by atoms with Gasteiger partial charge in [0.15, 0.2) is 0 Å². The van der Waals surface area contributed by atoms with Crippen molar-refractivity contribution in [3.05, 3.63) is 77.9 Å². The number of nitrogens with one attached hydrogen (secondary N) is 2. The number of nitrogens with zero attached hydrogens (tertiary/aromatic N) is 1. The zero-order valence-electron chi connectivity index (χ0n) is 19.8. The van der Waals surface area contributed by atoms with Gasteiger partial charge in [-0.05, 0) is 53.4 Å². The van der Waals surface area contributed by atoms with Crippen molar-refractivity contribution in [3.63, 3.8) is 0 Å². The van der Waals surface area contributed by atoms with Crippen LogP contribution in [0.4, 0.5) is 0 Å². The van der Waals surface area contributed by atoms with Crippen molar-refractivity contribution in [2.45, 2.75) is 36.4 Å². The van der Waals surface area contributed by atoms with Crippen LogP contribution in [0, 0.1) is 0 Å². The van der Waals surface area contributed by atoms with Crippen LogP contribution in [0.2, 0.25) is 0 Å². The number of sulfonamides is 1. The van der Waals surface area contributed by atoms with Gasteiger partial charge in [-0.2, -0.15) is 4.72 Å². The van der Waals surface area contributed by atoms with Crippen molar-refractivity contribution in [2.75, 3.05) is 19.7 Å². The molecule has 0 spiro atoms. The van der Waals surface area contributed by atoms with E-state index in [-0.39, 0.29) is 23.4 Å². The molecule has 0 unspecified atom stereocenters. The Bertz CT molecular complexity index is 1340. The standard InChI is InChI=1S/C26H30N4O5S/c27-15-18-7-9-20(10-8-18)25(32)28-16-22-6-3-13-30(22)26(33)24(17-31)29-36(34,35)23-12-11-19-4-1-2-5-21(19)14-23/h1-2,4-5,7-12,14,22,24,29,31H,3,6,13,15-17,27H2,(H,28,32)/t22-,24-/m0/s1. The van der Waals surface area contributed by atoms with Crippen LogP contribution in [-0.4, -0.2) is 62.0 Å². The molecule has 0 radical (unpaired) electrons.